The van der Waals surface area contributed by atoms with Gasteiger partial charge in [-0.1, -0.05) is 6.92 Å². The molecule has 1 N–H and O–H groups in total. The number of nitrogens with one attached hydrogen (secondary N) is 1. The number of nitrogens with zero attached hydrogens (tertiary/aromatic N) is 3. The number of halogens is 3. The molecular formula is C20H25F3N4O2. The molecule has 0 aliphatic carbocycles. The van der Waals surface area contributed by atoms with E-state index in [4.69, 9.17) is 4.42 Å². The van der Waals surface area contributed by atoms with Crippen molar-refractivity contribution < 1.29 is 22.4 Å². The summed E-state index contributed by atoms with van der Waals surface area (Å²) >= 11 is 0. The second-order valence-corrected chi connectivity index (χ2v) is 8.35. The van der Waals surface area contributed by atoms with E-state index in [1.54, 1.807) is 17.0 Å². The lowest BCUT2D eigenvalue weighted by atomic mass is 9.88. The van der Waals surface area contributed by atoms with Gasteiger partial charge in [-0.25, -0.2) is 4.68 Å². The van der Waals surface area contributed by atoms with Gasteiger partial charge in [-0.3, -0.25) is 4.79 Å². The number of carbonyl (C=O) groups is 1. The molecule has 2 aromatic rings. The zero-order chi connectivity index (χ0) is 20.9. The third kappa shape index (κ3) is 3.62. The Bertz CT molecular complexity index is 865. The van der Waals surface area contributed by atoms with Crippen molar-refractivity contribution in [1.29, 1.82) is 0 Å². The van der Waals surface area contributed by atoms with E-state index in [0.29, 0.717) is 11.7 Å². The summed E-state index contributed by atoms with van der Waals surface area (Å²) in [5.74, 6) is 0.779. The molecule has 4 heterocycles. The summed E-state index contributed by atoms with van der Waals surface area (Å²) in [6.07, 6.45) is -1.58. The molecule has 0 radical (unpaired) electrons. The third-order valence-electron chi connectivity index (χ3n) is 5.97. The van der Waals surface area contributed by atoms with Crippen LogP contribution >= 0.6 is 0 Å². The Hall–Kier alpha value is -2.45. The van der Waals surface area contributed by atoms with Gasteiger partial charge in [-0.15, -0.1) is 0 Å². The maximum atomic E-state index is 13.8. The molecule has 0 aromatic carbocycles. The molecule has 0 bridgehead atoms. The van der Waals surface area contributed by atoms with Crippen molar-refractivity contribution in [1.82, 2.24) is 14.7 Å². The van der Waals surface area contributed by atoms with Crippen molar-refractivity contribution in [2.75, 3.05) is 5.32 Å². The van der Waals surface area contributed by atoms with E-state index in [1.807, 2.05) is 13.8 Å². The van der Waals surface area contributed by atoms with Crippen LogP contribution in [0.4, 0.5) is 19.0 Å². The van der Waals surface area contributed by atoms with Crippen LogP contribution in [0.15, 0.2) is 28.9 Å². The molecule has 2 aliphatic rings. The molecule has 1 amide bonds. The van der Waals surface area contributed by atoms with Crippen LogP contribution in [0.3, 0.4) is 0 Å². The van der Waals surface area contributed by atoms with E-state index in [1.165, 1.54) is 12.3 Å². The number of anilines is 1. The Balaban J connectivity index is 1.66. The van der Waals surface area contributed by atoms with Gasteiger partial charge in [0.2, 0.25) is 0 Å². The Morgan fingerprint density at radius 3 is 2.48 bits per heavy atom. The summed E-state index contributed by atoms with van der Waals surface area (Å²) in [5.41, 5.74) is 0.0371. The number of furan rings is 1. The first-order valence-corrected chi connectivity index (χ1v) is 9.94. The highest BCUT2D eigenvalue weighted by Gasteiger charge is 2.47. The first kappa shape index (κ1) is 19.8. The lowest BCUT2D eigenvalue weighted by Gasteiger charge is -2.41. The van der Waals surface area contributed by atoms with Crippen LogP contribution in [-0.2, 0) is 0 Å². The topological polar surface area (TPSA) is 63.3 Å². The number of hydrogen-bond acceptors (Lipinski definition) is 4. The average Bonchev–Trinajstić information content (AvgIpc) is 3.28. The van der Waals surface area contributed by atoms with E-state index in [2.05, 4.69) is 17.3 Å². The predicted molar refractivity (Wildman–Crippen MR) is 100 cm³/mol. The van der Waals surface area contributed by atoms with Crippen molar-refractivity contribution in [2.24, 2.45) is 5.92 Å². The Morgan fingerprint density at radius 1 is 1.21 bits per heavy atom. The number of fused-ring (bicyclic) bond motifs is 1. The van der Waals surface area contributed by atoms with Gasteiger partial charge in [0.05, 0.1) is 12.3 Å². The van der Waals surface area contributed by atoms with Gasteiger partial charge in [0.1, 0.15) is 11.6 Å². The summed E-state index contributed by atoms with van der Waals surface area (Å²) < 4.78 is 47.5. The minimum atomic E-state index is -4.49. The molecule has 2 aromatic heterocycles. The molecule has 1 fully saturated rings. The van der Waals surface area contributed by atoms with E-state index in [0.717, 1.165) is 17.5 Å². The van der Waals surface area contributed by atoms with Crippen molar-refractivity contribution >= 4 is 11.7 Å². The molecule has 2 aliphatic heterocycles. The Kier molecular flexibility index (Phi) is 4.86. The summed E-state index contributed by atoms with van der Waals surface area (Å²) in [5, 5.41) is 7.13. The van der Waals surface area contributed by atoms with E-state index in [9.17, 15) is 18.0 Å². The number of carbonyl (C=O) groups excluding carboxylic acids is 1. The standard InChI is InChI=1S/C20H25F3N4O2/c1-11-7-12(2)26(13(3)8-11)19(28)15-10-18-24-14(16-5-4-6-29-16)9-17(20(21,22)23)27(18)25-15/h4-6,10-14,17,24H,7-9H2,1-3H3/t12-,13-,14+,17-/m0/s1. The highest BCUT2D eigenvalue weighted by atomic mass is 19.4. The molecule has 0 saturated carbocycles. The number of aromatic nitrogens is 2. The average molecular weight is 410 g/mol. The molecule has 0 unspecified atom stereocenters. The Morgan fingerprint density at radius 2 is 1.90 bits per heavy atom. The van der Waals surface area contributed by atoms with Crippen molar-refractivity contribution in [3.63, 3.8) is 0 Å². The quantitative estimate of drug-likeness (QED) is 0.774. The SMILES string of the molecule is CC1C[C@H](C)N(C(=O)c2cc3n(n2)[C@H](C(F)(F)F)C[C@H](c2ccco2)N3)[C@@H](C)C1. The van der Waals surface area contributed by atoms with Crippen LogP contribution < -0.4 is 5.32 Å². The minimum absolute atomic E-state index is 0.0159. The van der Waals surface area contributed by atoms with Crippen molar-refractivity contribution in [3.05, 3.63) is 35.9 Å². The fourth-order valence-electron chi connectivity index (χ4n) is 4.81. The largest absolute Gasteiger partial charge is 0.467 e. The Labute approximate surface area is 167 Å². The van der Waals surface area contributed by atoms with Crippen molar-refractivity contribution in [2.45, 2.75) is 70.4 Å². The van der Waals surface area contributed by atoms with E-state index >= 15 is 0 Å². The van der Waals surface area contributed by atoms with Gasteiger partial charge in [0.25, 0.3) is 5.91 Å². The van der Waals surface area contributed by atoms with Gasteiger partial charge in [0, 0.05) is 24.6 Å². The highest BCUT2D eigenvalue weighted by Crippen LogP contribution is 2.44. The summed E-state index contributed by atoms with van der Waals surface area (Å²) in [6.45, 7) is 6.10. The summed E-state index contributed by atoms with van der Waals surface area (Å²) in [4.78, 5) is 14.9. The van der Waals surface area contributed by atoms with Crippen LogP contribution in [0.1, 0.15) is 68.4 Å². The van der Waals surface area contributed by atoms with Crippen LogP contribution in [-0.4, -0.2) is 38.8 Å². The smallest absolute Gasteiger partial charge is 0.410 e. The normalized spacial score (nSPS) is 30.0. The zero-order valence-electron chi connectivity index (χ0n) is 16.6. The molecule has 4 rings (SSSR count). The number of likely N-dealkylation sites (tertiary alicyclic amines) is 1. The minimum Gasteiger partial charge on any atom is -0.467 e. The molecule has 9 heteroatoms. The molecule has 0 spiro atoms. The third-order valence-corrected chi connectivity index (χ3v) is 5.97. The van der Waals surface area contributed by atoms with Gasteiger partial charge in [0.15, 0.2) is 11.7 Å². The second-order valence-electron chi connectivity index (χ2n) is 8.35. The number of piperidine rings is 1. The van der Waals surface area contributed by atoms with Crippen LogP contribution in [0, 0.1) is 5.92 Å². The van der Waals surface area contributed by atoms with Gasteiger partial charge in [-0.2, -0.15) is 18.3 Å². The van der Waals surface area contributed by atoms with E-state index < -0.39 is 18.3 Å². The molecule has 158 valence electrons. The van der Waals surface area contributed by atoms with Gasteiger partial charge in [-0.05, 0) is 44.7 Å². The molecule has 6 nitrogen and oxygen atoms in total. The molecule has 1 saturated heterocycles. The van der Waals surface area contributed by atoms with Crippen LogP contribution in [0.2, 0.25) is 0 Å². The monoisotopic (exact) mass is 410 g/mol. The van der Waals surface area contributed by atoms with Gasteiger partial charge >= 0.3 is 6.18 Å². The fourth-order valence-corrected chi connectivity index (χ4v) is 4.81. The lowest BCUT2D eigenvalue weighted by Crippen LogP contribution is -2.49. The zero-order valence-corrected chi connectivity index (χ0v) is 16.6. The van der Waals surface area contributed by atoms with Crippen molar-refractivity contribution in [3.8, 4) is 0 Å². The number of amides is 1. The summed E-state index contributed by atoms with van der Waals surface area (Å²) in [6, 6.07) is 2.27. The van der Waals surface area contributed by atoms with Crippen LogP contribution in [0.5, 0.6) is 0 Å². The first-order chi connectivity index (χ1) is 13.6. The lowest BCUT2D eigenvalue weighted by molar-refractivity contribution is -0.174. The first-order valence-electron chi connectivity index (χ1n) is 9.94. The summed E-state index contributed by atoms with van der Waals surface area (Å²) in [7, 11) is 0. The maximum Gasteiger partial charge on any atom is 0.410 e. The molecule has 4 atom stereocenters. The molecular weight excluding hydrogens is 385 g/mol. The number of hydrogen-bond donors (Lipinski definition) is 1. The molecule has 29 heavy (non-hydrogen) atoms. The number of rotatable bonds is 2. The maximum absolute atomic E-state index is 13.8. The highest BCUT2D eigenvalue weighted by molar-refractivity contribution is 5.93. The van der Waals surface area contributed by atoms with Gasteiger partial charge < -0.3 is 14.6 Å². The predicted octanol–water partition coefficient (Wildman–Crippen LogP) is 4.79. The fraction of sp³-hybridized carbons (Fsp3) is 0.600. The van der Waals surface area contributed by atoms with Crippen LogP contribution in [0.25, 0.3) is 0 Å². The van der Waals surface area contributed by atoms with E-state index in [-0.39, 0.29) is 35.9 Å². The second kappa shape index (κ2) is 7.11. The number of alkyl halides is 3.